The van der Waals surface area contributed by atoms with Crippen molar-refractivity contribution in [2.75, 3.05) is 11.1 Å². The predicted molar refractivity (Wildman–Crippen MR) is 110 cm³/mol. The van der Waals surface area contributed by atoms with Crippen molar-refractivity contribution in [3.05, 3.63) is 66.5 Å². The van der Waals surface area contributed by atoms with E-state index in [0.29, 0.717) is 18.1 Å². The van der Waals surface area contributed by atoms with E-state index in [1.807, 2.05) is 54.6 Å². The van der Waals surface area contributed by atoms with E-state index in [1.165, 1.54) is 4.90 Å². The lowest BCUT2D eigenvalue weighted by molar-refractivity contribution is -0.115. The Morgan fingerprint density at radius 2 is 1.85 bits per heavy atom. The molecule has 0 aliphatic heterocycles. The molecule has 0 atom stereocenters. The lowest BCUT2D eigenvalue weighted by Crippen LogP contribution is -2.16. The molecule has 6 heteroatoms. The topological polar surface area (TPSA) is 59.8 Å². The fourth-order valence-corrected chi connectivity index (χ4v) is 3.35. The third-order valence-corrected chi connectivity index (χ3v) is 4.97. The van der Waals surface area contributed by atoms with Crippen LogP contribution in [0.3, 0.4) is 0 Å². The number of rotatable bonds is 6. The van der Waals surface area contributed by atoms with Gasteiger partial charge in [-0.25, -0.2) is 4.98 Å². The lowest BCUT2D eigenvalue weighted by atomic mass is 9.92. The molecule has 0 fully saturated rings. The van der Waals surface area contributed by atoms with Crippen molar-refractivity contribution < 1.29 is 4.79 Å². The molecule has 0 saturated carbocycles. The van der Waals surface area contributed by atoms with E-state index >= 15 is 0 Å². The van der Waals surface area contributed by atoms with E-state index in [9.17, 15) is 4.79 Å². The highest BCUT2D eigenvalue weighted by molar-refractivity contribution is 7.99. The van der Waals surface area contributed by atoms with E-state index in [0.717, 1.165) is 11.4 Å². The molecule has 0 aliphatic carbocycles. The molecular formula is C21H24N4OS. The first-order chi connectivity index (χ1) is 12.9. The van der Waals surface area contributed by atoms with Gasteiger partial charge in [0.25, 0.3) is 0 Å². The van der Waals surface area contributed by atoms with Gasteiger partial charge in [-0.3, -0.25) is 4.79 Å². The van der Waals surface area contributed by atoms with Gasteiger partial charge in [-0.2, -0.15) is 9.78 Å². The molecule has 0 radical (unpaired) electrons. The number of aromatic nitrogens is 3. The molecule has 0 unspecified atom stereocenters. The molecule has 1 amide bonds. The monoisotopic (exact) mass is 380 g/mol. The predicted octanol–water partition coefficient (Wildman–Crippen LogP) is 4.69. The second kappa shape index (κ2) is 8.39. The zero-order valence-electron chi connectivity index (χ0n) is 15.8. The Bertz CT molecular complexity index is 886. The third-order valence-electron chi connectivity index (χ3n) is 3.95. The van der Waals surface area contributed by atoms with Gasteiger partial charge in [0.2, 0.25) is 5.91 Å². The van der Waals surface area contributed by atoms with Crippen LogP contribution in [-0.2, 0) is 10.2 Å². The molecule has 0 saturated heterocycles. The van der Waals surface area contributed by atoms with E-state index < -0.39 is 0 Å². The Kier molecular flexibility index (Phi) is 5.96. The van der Waals surface area contributed by atoms with Crippen LogP contribution in [-0.4, -0.2) is 26.4 Å². The molecule has 0 bridgehead atoms. The molecule has 2 heterocycles. The minimum absolute atomic E-state index is 0.0315. The average molecular weight is 381 g/mol. The lowest BCUT2D eigenvalue weighted by Gasteiger charge is -2.13. The number of benzene rings is 1. The maximum atomic E-state index is 12.5. The number of anilines is 1. The van der Waals surface area contributed by atoms with Gasteiger partial charge >= 0.3 is 0 Å². The van der Waals surface area contributed by atoms with Gasteiger partial charge in [0.05, 0.1) is 5.69 Å². The Balaban J connectivity index is 1.71. The summed E-state index contributed by atoms with van der Waals surface area (Å²) in [5.74, 6) is 2.02. The van der Waals surface area contributed by atoms with Gasteiger partial charge in [-0.1, -0.05) is 45.0 Å². The number of hydrogen-bond acceptors (Lipinski definition) is 4. The summed E-state index contributed by atoms with van der Waals surface area (Å²) in [5.41, 5.74) is 0.782. The molecule has 3 aromatic rings. The highest BCUT2D eigenvalue weighted by Gasteiger charge is 2.21. The van der Waals surface area contributed by atoms with E-state index in [-0.39, 0.29) is 11.3 Å². The van der Waals surface area contributed by atoms with Gasteiger partial charge in [0, 0.05) is 34.7 Å². The van der Waals surface area contributed by atoms with Gasteiger partial charge < -0.3 is 5.32 Å². The number of pyridine rings is 1. The van der Waals surface area contributed by atoms with Crippen LogP contribution in [0.15, 0.2) is 65.7 Å². The van der Waals surface area contributed by atoms with Crippen molar-refractivity contribution in [3.8, 4) is 5.82 Å². The Hall–Kier alpha value is -2.60. The van der Waals surface area contributed by atoms with Crippen LogP contribution in [0.1, 0.15) is 32.9 Å². The van der Waals surface area contributed by atoms with Crippen molar-refractivity contribution in [2.24, 2.45) is 0 Å². The third kappa shape index (κ3) is 5.20. The largest absolute Gasteiger partial charge is 0.311 e. The molecule has 0 spiro atoms. The summed E-state index contributed by atoms with van der Waals surface area (Å²) in [6, 6.07) is 17.7. The summed E-state index contributed by atoms with van der Waals surface area (Å²) in [5, 5.41) is 7.66. The number of thioether (sulfide) groups is 1. The van der Waals surface area contributed by atoms with E-state index in [1.54, 1.807) is 22.6 Å². The number of carbonyl (C=O) groups is 1. The van der Waals surface area contributed by atoms with Crippen LogP contribution in [0.25, 0.3) is 5.82 Å². The molecule has 27 heavy (non-hydrogen) atoms. The van der Waals surface area contributed by atoms with Gasteiger partial charge in [-0.15, -0.1) is 11.8 Å². The van der Waals surface area contributed by atoms with Crippen LogP contribution in [0, 0.1) is 0 Å². The maximum Gasteiger partial charge on any atom is 0.226 e. The molecular weight excluding hydrogens is 356 g/mol. The van der Waals surface area contributed by atoms with Gasteiger partial charge in [0.1, 0.15) is 5.82 Å². The Morgan fingerprint density at radius 3 is 2.52 bits per heavy atom. The minimum atomic E-state index is -0.122. The van der Waals surface area contributed by atoms with E-state index in [2.05, 4.69) is 36.2 Å². The zero-order valence-corrected chi connectivity index (χ0v) is 16.7. The molecule has 3 rings (SSSR count). The summed E-state index contributed by atoms with van der Waals surface area (Å²) in [6.07, 6.45) is 2.15. The molecule has 1 aromatic carbocycles. The number of hydrogen-bond donors (Lipinski definition) is 1. The molecule has 140 valence electrons. The van der Waals surface area contributed by atoms with E-state index in [4.69, 9.17) is 0 Å². The number of carbonyl (C=O) groups excluding carboxylic acids is 1. The highest BCUT2D eigenvalue weighted by atomic mass is 32.2. The second-order valence-corrected chi connectivity index (χ2v) is 8.39. The zero-order chi connectivity index (χ0) is 19.3. The number of amides is 1. The first-order valence-corrected chi connectivity index (χ1v) is 9.92. The summed E-state index contributed by atoms with van der Waals surface area (Å²) in [6.45, 7) is 6.29. The Morgan fingerprint density at radius 1 is 1.11 bits per heavy atom. The van der Waals surface area contributed by atoms with Gasteiger partial charge in [-0.05, 0) is 24.3 Å². The molecule has 2 aromatic heterocycles. The number of nitrogens with one attached hydrogen (secondary N) is 1. The normalized spacial score (nSPS) is 11.4. The van der Waals surface area contributed by atoms with Crippen LogP contribution in [0.4, 0.5) is 5.82 Å². The van der Waals surface area contributed by atoms with Gasteiger partial charge in [0.15, 0.2) is 5.82 Å². The van der Waals surface area contributed by atoms with Crippen LogP contribution < -0.4 is 5.32 Å². The van der Waals surface area contributed by atoms with Crippen molar-refractivity contribution >= 4 is 23.5 Å². The quantitative estimate of drug-likeness (QED) is 0.631. The van der Waals surface area contributed by atoms with Crippen molar-refractivity contribution in [1.82, 2.24) is 14.8 Å². The summed E-state index contributed by atoms with van der Waals surface area (Å²) >= 11 is 1.67. The van der Waals surface area contributed by atoms with Crippen LogP contribution in [0.5, 0.6) is 0 Å². The van der Waals surface area contributed by atoms with Crippen molar-refractivity contribution in [3.63, 3.8) is 0 Å². The highest BCUT2D eigenvalue weighted by Crippen LogP contribution is 2.26. The van der Waals surface area contributed by atoms with Crippen LogP contribution >= 0.6 is 11.8 Å². The molecule has 1 N–H and O–H groups in total. The molecule has 5 nitrogen and oxygen atoms in total. The number of nitrogens with zero attached hydrogens (tertiary/aromatic N) is 3. The maximum absolute atomic E-state index is 12.5. The average Bonchev–Trinajstić information content (AvgIpc) is 3.07. The smallest absolute Gasteiger partial charge is 0.226 e. The standard InChI is InChI=1S/C21H24N4OS/c1-21(2,3)17-15-19(25(24-17)18-11-7-8-13-22-18)23-20(26)12-14-27-16-9-5-4-6-10-16/h4-11,13,15H,12,14H2,1-3H3,(H,23,26). The first kappa shape index (κ1) is 19.2. The second-order valence-electron chi connectivity index (χ2n) is 7.22. The summed E-state index contributed by atoms with van der Waals surface area (Å²) < 4.78 is 1.70. The fourth-order valence-electron chi connectivity index (χ4n) is 2.47. The first-order valence-electron chi connectivity index (χ1n) is 8.93. The summed E-state index contributed by atoms with van der Waals surface area (Å²) in [7, 11) is 0. The summed E-state index contributed by atoms with van der Waals surface area (Å²) in [4.78, 5) is 18.0. The SMILES string of the molecule is CC(C)(C)c1cc(NC(=O)CCSc2ccccc2)n(-c2ccccn2)n1. The Labute approximate surface area is 164 Å². The fraction of sp³-hybridized carbons (Fsp3) is 0.286. The van der Waals surface area contributed by atoms with Crippen molar-refractivity contribution in [2.45, 2.75) is 37.5 Å². The minimum Gasteiger partial charge on any atom is -0.311 e. The van der Waals surface area contributed by atoms with Crippen LogP contribution in [0.2, 0.25) is 0 Å². The molecule has 0 aliphatic rings. The van der Waals surface area contributed by atoms with Crippen molar-refractivity contribution in [1.29, 1.82) is 0 Å².